The number of rotatable bonds is 4. The lowest BCUT2D eigenvalue weighted by Gasteiger charge is -2.51. The van der Waals surface area contributed by atoms with E-state index < -0.39 is 0 Å². The van der Waals surface area contributed by atoms with Crippen LogP contribution in [0.1, 0.15) is 53.4 Å². The standard InChI is InChI=1S/C16H32N2S/c1-6-16(4)11-18(14(10-17-16)12(2)3)13-8-7-9-15(13)19-5/h12-15,17H,6-11H2,1-5H3. The Kier molecular flexibility index (Phi) is 5.24. The van der Waals surface area contributed by atoms with Crippen molar-refractivity contribution in [3.05, 3.63) is 0 Å². The Hall–Kier alpha value is 0.270. The van der Waals surface area contributed by atoms with E-state index in [0.29, 0.717) is 5.54 Å². The fraction of sp³-hybridized carbons (Fsp3) is 1.00. The number of piperazine rings is 1. The van der Waals surface area contributed by atoms with E-state index in [9.17, 15) is 0 Å². The minimum Gasteiger partial charge on any atom is -0.309 e. The molecule has 2 rings (SSSR count). The molecule has 1 heterocycles. The summed E-state index contributed by atoms with van der Waals surface area (Å²) >= 11 is 2.09. The van der Waals surface area contributed by atoms with Gasteiger partial charge in [-0.2, -0.15) is 11.8 Å². The topological polar surface area (TPSA) is 15.3 Å². The highest BCUT2D eigenvalue weighted by molar-refractivity contribution is 7.99. The molecule has 1 saturated heterocycles. The average molecular weight is 285 g/mol. The molecule has 0 amide bonds. The smallest absolute Gasteiger partial charge is 0.0278 e. The van der Waals surface area contributed by atoms with Crippen LogP contribution in [0.15, 0.2) is 0 Å². The van der Waals surface area contributed by atoms with Crippen LogP contribution in [0, 0.1) is 5.92 Å². The van der Waals surface area contributed by atoms with Gasteiger partial charge in [-0.25, -0.2) is 0 Å². The molecule has 2 aliphatic rings. The Morgan fingerprint density at radius 3 is 2.68 bits per heavy atom. The van der Waals surface area contributed by atoms with E-state index >= 15 is 0 Å². The minimum atomic E-state index is 0.316. The molecule has 0 aromatic rings. The second kappa shape index (κ2) is 6.36. The van der Waals surface area contributed by atoms with Crippen molar-refractivity contribution in [3.8, 4) is 0 Å². The Morgan fingerprint density at radius 1 is 1.37 bits per heavy atom. The zero-order valence-electron chi connectivity index (χ0n) is 13.4. The van der Waals surface area contributed by atoms with Crippen molar-refractivity contribution < 1.29 is 0 Å². The molecule has 1 N–H and O–H groups in total. The lowest BCUT2D eigenvalue weighted by molar-refractivity contribution is 0.0281. The highest BCUT2D eigenvalue weighted by atomic mass is 32.2. The summed E-state index contributed by atoms with van der Waals surface area (Å²) in [5.41, 5.74) is 0.316. The first-order valence-electron chi connectivity index (χ1n) is 8.04. The van der Waals surface area contributed by atoms with Crippen LogP contribution in [-0.4, -0.2) is 47.1 Å². The van der Waals surface area contributed by atoms with Crippen molar-refractivity contribution in [1.82, 2.24) is 10.2 Å². The van der Waals surface area contributed by atoms with Gasteiger partial charge in [0, 0.05) is 36.0 Å². The van der Waals surface area contributed by atoms with Gasteiger partial charge in [-0.3, -0.25) is 4.90 Å². The summed E-state index contributed by atoms with van der Waals surface area (Å²) in [4.78, 5) is 2.87. The molecule has 2 nitrogen and oxygen atoms in total. The maximum Gasteiger partial charge on any atom is 0.0278 e. The number of thioether (sulfide) groups is 1. The summed E-state index contributed by atoms with van der Waals surface area (Å²) in [6.07, 6.45) is 7.78. The zero-order chi connectivity index (χ0) is 14.0. The normalized spacial score (nSPS) is 41.1. The van der Waals surface area contributed by atoms with E-state index in [-0.39, 0.29) is 0 Å². The first kappa shape index (κ1) is 15.7. The van der Waals surface area contributed by atoms with Crippen LogP contribution < -0.4 is 5.32 Å². The Balaban J connectivity index is 2.15. The van der Waals surface area contributed by atoms with Crippen LogP contribution >= 0.6 is 11.8 Å². The highest BCUT2D eigenvalue weighted by Crippen LogP contribution is 2.36. The van der Waals surface area contributed by atoms with Crippen LogP contribution in [-0.2, 0) is 0 Å². The van der Waals surface area contributed by atoms with Crippen molar-refractivity contribution in [1.29, 1.82) is 0 Å². The first-order chi connectivity index (χ1) is 9.00. The second-order valence-corrected chi connectivity index (χ2v) is 8.13. The predicted molar refractivity (Wildman–Crippen MR) is 87.0 cm³/mol. The molecule has 2 fully saturated rings. The summed E-state index contributed by atoms with van der Waals surface area (Å²) < 4.78 is 0. The molecule has 0 aromatic carbocycles. The fourth-order valence-corrected chi connectivity index (χ4v) is 4.83. The monoisotopic (exact) mass is 284 g/mol. The van der Waals surface area contributed by atoms with Gasteiger partial charge < -0.3 is 5.32 Å². The molecule has 1 saturated carbocycles. The molecule has 1 aliphatic carbocycles. The molecule has 19 heavy (non-hydrogen) atoms. The second-order valence-electron chi connectivity index (χ2n) is 7.05. The SMILES string of the molecule is CCC1(C)CN(C2CCCC2SC)C(C(C)C)CN1. The van der Waals surface area contributed by atoms with Crippen LogP contribution in [0.25, 0.3) is 0 Å². The Morgan fingerprint density at radius 2 is 2.11 bits per heavy atom. The van der Waals surface area contributed by atoms with Crippen molar-refractivity contribution >= 4 is 11.8 Å². The van der Waals surface area contributed by atoms with Gasteiger partial charge in [-0.15, -0.1) is 0 Å². The summed E-state index contributed by atoms with van der Waals surface area (Å²) in [5, 5.41) is 4.68. The molecule has 0 aromatic heterocycles. The van der Waals surface area contributed by atoms with Gasteiger partial charge in [0.25, 0.3) is 0 Å². The van der Waals surface area contributed by atoms with E-state index in [1.54, 1.807) is 0 Å². The molecular weight excluding hydrogens is 252 g/mol. The molecule has 4 unspecified atom stereocenters. The largest absolute Gasteiger partial charge is 0.309 e. The molecule has 3 heteroatoms. The summed E-state index contributed by atoms with van der Waals surface area (Å²) in [5.74, 6) is 0.747. The van der Waals surface area contributed by atoms with Crippen molar-refractivity contribution in [2.75, 3.05) is 19.3 Å². The van der Waals surface area contributed by atoms with Crippen molar-refractivity contribution in [2.24, 2.45) is 5.92 Å². The molecule has 0 bridgehead atoms. The van der Waals surface area contributed by atoms with Crippen LogP contribution in [0.2, 0.25) is 0 Å². The molecular formula is C16H32N2S. The maximum absolute atomic E-state index is 3.81. The Labute approximate surface area is 124 Å². The van der Waals surface area contributed by atoms with E-state index in [0.717, 1.165) is 23.3 Å². The lowest BCUT2D eigenvalue weighted by Crippen LogP contribution is -2.66. The first-order valence-corrected chi connectivity index (χ1v) is 9.33. The number of hydrogen-bond donors (Lipinski definition) is 1. The molecule has 112 valence electrons. The van der Waals surface area contributed by atoms with Gasteiger partial charge in [0.2, 0.25) is 0 Å². The fourth-order valence-electron chi connectivity index (χ4n) is 3.82. The van der Waals surface area contributed by atoms with Gasteiger partial charge in [0.05, 0.1) is 0 Å². The molecule has 4 atom stereocenters. The quantitative estimate of drug-likeness (QED) is 0.852. The predicted octanol–water partition coefficient (Wildman–Crippen LogP) is 3.37. The van der Waals surface area contributed by atoms with Crippen LogP contribution in [0.3, 0.4) is 0 Å². The highest BCUT2D eigenvalue weighted by Gasteiger charge is 2.42. The van der Waals surface area contributed by atoms with Gasteiger partial charge >= 0.3 is 0 Å². The summed E-state index contributed by atoms with van der Waals surface area (Å²) in [6, 6.07) is 1.53. The van der Waals surface area contributed by atoms with E-state index in [1.165, 1.54) is 38.8 Å². The number of hydrogen-bond acceptors (Lipinski definition) is 3. The zero-order valence-corrected chi connectivity index (χ0v) is 14.2. The third-order valence-electron chi connectivity index (χ3n) is 5.39. The van der Waals surface area contributed by atoms with Gasteiger partial charge in [-0.1, -0.05) is 27.2 Å². The number of nitrogens with zero attached hydrogens (tertiary/aromatic N) is 1. The van der Waals surface area contributed by atoms with Gasteiger partial charge in [0.1, 0.15) is 0 Å². The molecule has 1 aliphatic heterocycles. The van der Waals surface area contributed by atoms with E-state index in [1.807, 2.05) is 0 Å². The van der Waals surface area contributed by atoms with Crippen molar-refractivity contribution in [3.63, 3.8) is 0 Å². The lowest BCUT2D eigenvalue weighted by atomic mass is 9.88. The third-order valence-corrected chi connectivity index (χ3v) is 6.55. The summed E-state index contributed by atoms with van der Waals surface area (Å²) in [7, 11) is 0. The van der Waals surface area contributed by atoms with Gasteiger partial charge in [0.15, 0.2) is 0 Å². The summed E-state index contributed by atoms with van der Waals surface area (Å²) in [6.45, 7) is 11.9. The van der Waals surface area contributed by atoms with E-state index in [2.05, 4.69) is 55.9 Å². The molecule has 0 radical (unpaired) electrons. The third kappa shape index (κ3) is 3.30. The Bertz CT molecular complexity index is 294. The van der Waals surface area contributed by atoms with Crippen LogP contribution in [0.4, 0.5) is 0 Å². The number of nitrogens with one attached hydrogen (secondary N) is 1. The van der Waals surface area contributed by atoms with E-state index in [4.69, 9.17) is 0 Å². The maximum atomic E-state index is 3.81. The average Bonchev–Trinajstić information content (AvgIpc) is 2.86. The van der Waals surface area contributed by atoms with Gasteiger partial charge in [-0.05, 0) is 38.4 Å². The minimum absolute atomic E-state index is 0.316. The molecule has 0 spiro atoms. The van der Waals surface area contributed by atoms with Crippen LogP contribution in [0.5, 0.6) is 0 Å². The van der Waals surface area contributed by atoms with Crippen molar-refractivity contribution in [2.45, 2.75) is 76.3 Å².